The van der Waals surface area contributed by atoms with Gasteiger partial charge in [-0.05, 0) is 30.7 Å². The fourth-order valence-corrected chi connectivity index (χ4v) is 2.49. The van der Waals surface area contributed by atoms with Crippen molar-refractivity contribution in [1.82, 2.24) is 0 Å². The molecule has 8 heteroatoms. The van der Waals surface area contributed by atoms with Crippen LogP contribution in [0.15, 0.2) is 30.3 Å². The molecule has 2 aromatic rings. The van der Waals surface area contributed by atoms with E-state index >= 15 is 0 Å². The first-order valence-corrected chi connectivity index (χ1v) is 7.91. The number of anilines is 1. The van der Waals surface area contributed by atoms with Gasteiger partial charge in [0.1, 0.15) is 5.75 Å². The predicted molar refractivity (Wildman–Crippen MR) is 96.8 cm³/mol. The number of aryl methyl sites for hydroxylation is 1. The van der Waals surface area contributed by atoms with Crippen molar-refractivity contribution in [3.63, 3.8) is 0 Å². The van der Waals surface area contributed by atoms with Gasteiger partial charge >= 0.3 is 5.97 Å². The minimum absolute atomic E-state index is 0.0802. The summed E-state index contributed by atoms with van der Waals surface area (Å²) in [5, 5.41) is 12.4. The molecule has 0 fully saturated rings. The Morgan fingerprint density at radius 1 is 1.08 bits per heavy atom. The molecule has 0 radical (unpaired) electrons. The molecule has 0 bridgehead atoms. The van der Waals surface area contributed by atoms with E-state index in [4.69, 9.17) is 25.8 Å². The number of carbonyl (C=O) groups excluding carboxylic acids is 1. The molecular weight excluding hydrogens is 362 g/mol. The van der Waals surface area contributed by atoms with Gasteiger partial charge in [-0.25, -0.2) is 4.79 Å². The van der Waals surface area contributed by atoms with E-state index < -0.39 is 11.9 Å². The summed E-state index contributed by atoms with van der Waals surface area (Å²) in [5.41, 5.74) is 0.734. The van der Waals surface area contributed by atoms with E-state index in [-0.39, 0.29) is 23.6 Å². The molecule has 2 aromatic carbocycles. The van der Waals surface area contributed by atoms with Gasteiger partial charge in [0, 0.05) is 17.2 Å². The van der Waals surface area contributed by atoms with Gasteiger partial charge in [0.15, 0.2) is 18.1 Å². The largest absolute Gasteiger partial charge is 0.493 e. The highest BCUT2D eigenvalue weighted by atomic mass is 35.5. The summed E-state index contributed by atoms with van der Waals surface area (Å²) in [6.45, 7) is 1.51. The SMILES string of the molecule is COc1cc(NC(=O)COc2ccc(Cl)cc2C)c(C(=O)O)cc1OC. The number of nitrogens with one attached hydrogen (secondary N) is 1. The van der Waals surface area contributed by atoms with E-state index in [2.05, 4.69) is 5.32 Å². The van der Waals surface area contributed by atoms with Crippen molar-refractivity contribution in [1.29, 1.82) is 0 Å². The zero-order chi connectivity index (χ0) is 19.3. The summed E-state index contributed by atoms with van der Waals surface area (Å²) in [6.07, 6.45) is 0. The van der Waals surface area contributed by atoms with Gasteiger partial charge < -0.3 is 24.6 Å². The molecule has 0 spiro atoms. The molecule has 0 unspecified atom stereocenters. The Morgan fingerprint density at radius 2 is 1.73 bits per heavy atom. The van der Waals surface area contributed by atoms with E-state index in [1.54, 1.807) is 25.1 Å². The average Bonchev–Trinajstić information content (AvgIpc) is 2.60. The molecule has 138 valence electrons. The van der Waals surface area contributed by atoms with Crippen LogP contribution in [-0.4, -0.2) is 37.8 Å². The Bertz CT molecular complexity index is 837. The van der Waals surface area contributed by atoms with Crippen LogP contribution in [0.1, 0.15) is 15.9 Å². The summed E-state index contributed by atoms with van der Waals surface area (Å²) in [4.78, 5) is 23.6. The molecule has 0 aliphatic heterocycles. The van der Waals surface area contributed by atoms with Gasteiger partial charge in [-0.1, -0.05) is 11.6 Å². The number of hydrogen-bond donors (Lipinski definition) is 2. The number of halogens is 1. The van der Waals surface area contributed by atoms with Crippen molar-refractivity contribution < 1.29 is 28.9 Å². The fourth-order valence-electron chi connectivity index (χ4n) is 2.26. The minimum atomic E-state index is -1.21. The number of carboxylic acid groups (broad SMARTS) is 1. The number of hydrogen-bond acceptors (Lipinski definition) is 5. The summed E-state index contributed by atoms with van der Waals surface area (Å²) < 4.78 is 15.7. The third-order valence-corrected chi connectivity index (χ3v) is 3.76. The second-order valence-electron chi connectivity index (χ2n) is 5.30. The van der Waals surface area contributed by atoms with Crippen LogP contribution in [0.2, 0.25) is 5.02 Å². The van der Waals surface area contributed by atoms with E-state index in [1.807, 2.05) is 0 Å². The van der Waals surface area contributed by atoms with Gasteiger partial charge in [-0.3, -0.25) is 4.79 Å². The quantitative estimate of drug-likeness (QED) is 0.765. The molecule has 2 rings (SSSR count). The minimum Gasteiger partial charge on any atom is -0.493 e. The number of aromatic carboxylic acids is 1. The van der Waals surface area contributed by atoms with Crippen LogP contribution in [0.5, 0.6) is 17.2 Å². The lowest BCUT2D eigenvalue weighted by Crippen LogP contribution is -2.22. The Hall–Kier alpha value is -2.93. The zero-order valence-corrected chi connectivity index (χ0v) is 15.2. The highest BCUT2D eigenvalue weighted by Crippen LogP contribution is 2.33. The van der Waals surface area contributed by atoms with Crippen LogP contribution in [-0.2, 0) is 4.79 Å². The highest BCUT2D eigenvalue weighted by molar-refractivity contribution is 6.30. The Labute approximate surface area is 155 Å². The first-order chi connectivity index (χ1) is 12.3. The maximum atomic E-state index is 12.2. The molecule has 1 amide bonds. The van der Waals surface area contributed by atoms with Gasteiger partial charge in [-0.15, -0.1) is 0 Å². The summed E-state index contributed by atoms with van der Waals surface area (Å²) in [6, 6.07) is 7.68. The van der Waals surface area contributed by atoms with Gasteiger partial charge in [-0.2, -0.15) is 0 Å². The van der Waals surface area contributed by atoms with Crippen molar-refractivity contribution in [2.75, 3.05) is 26.1 Å². The highest BCUT2D eigenvalue weighted by Gasteiger charge is 2.18. The normalized spacial score (nSPS) is 10.2. The molecule has 0 heterocycles. The zero-order valence-electron chi connectivity index (χ0n) is 14.5. The first kappa shape index (κ1) is 19.4. The summed E-state index contributed by atoms with van der Waals surface area (Å²) in [5.74, 6) is -0.682. The van der Waals surface area contributed by atoms with Crippen molar-refractivity contribution in [2.24, 2.45) is 0 Å². The van der Waals surface area contributed by atoms with Gasteiger partial charge in [0.2, 0.25) is 0 Å². The lowest BCUT2D eigenvalue weighted by molar-refractivity contribution is -0.118. The topological polar surface area (TPSA) is 94.1 Å². The number of carboxylic acids is 1. The molecule has 26 heavy (non-hydrogen) atoms. The van der Waals surface area contributed by atoms with Crippen LogP contribution < -0.4 is 19.5 Å². The Balaban J connectivity index is 2.16. The smallest absolute Gasteiger partial charge is 0.337 e. The van der Waals surface area contributed by atoms with Gasteiger partial charge in [0.25, 0.3) is 5.91 Å². The third kappa shape index (κ3) is 4.58. The third-order valence-electron chi connectivity index (χ3n) is 3.52. The number of carbonyl (C=O) groups is 2. The van der Waals surface area contributed by atoms with E-state index in [1.165, 1.54) is 26.4 Å². The first-order valence-electron chi connectivity index (χ1n) is 7.53. The lowest BCUT2D eigenvalue weighted by Gasteiger charge is -2.14. The monoisotopic (exact) mass is 379 g/mol. The maximum Gasteiger partial charge on any atom is 0.337 e. The maximum absolute atomic E-state index is 12.2. The molecular formula is C18H18ClNO6. The van der Waals surface area contributed by atoms with Crippen LogP contribution >= 0.6 is 11.6 Å². The van der Waals surface area contributed by atoms with Crippen LogP contribution in [0.4, 0.5) is 5.69 Å². The second-order valence-corrected chi connectivity index (χ2v) is 5.74. The van der Waals surface area contributed by atoms with Crippen LogP contribution in [0, 0.1) is 6.92 Å². The van der Waals surface area contributed by atoms with Crippen molar-refractivity contribution >= 4 is 29.2 Å². The molecule has 0 aliphatic carbocycles. The molecule has 7 nitrogen and oxygen atoms in total. The molecule has 0 saturated heterocycles. The van der Waals surface area contributed by atoms with Crippen molar-refractivity contribution in [3.8, 4) is 17.2 Å². The molecule has 0 aliphatic rings. The predicted octanol–water partition coefficient (Wildman–Crippen LogP) is 3.38. The van der Waals surface area contributed by atoms with E-state index in [0.29, 0.717) is 16.5 Å². The Morgan fingerprint density at radius 3 is 2.31 bits per heavy atom. The van der Waals surface area contributed by atoms with Crippen LogP contribution in [0.25, 0.3) is 0 Å². The Kier molecular flexibility index (Phi) is 6.30. The molecule has 2 N–H and O–H groups in total. The number of rotatable bonds is 7. The molecule has 0 aromatic heterocycles. The number of ether oxygens (including phenoxy) is 3. The number of benzene rings is 2. The van der Waals surface area contributed by atoms with Crippen molar-refractivity contribution in [3.05, 3.63) is 46.5 Å². The lowest BCUT2D eigenvalue weighted by atomic mass is 10.1. The van der Waals surface area contributed by atoms with E-state index in [0.717, 1.165) is 5.56 Å². The van der Waals surface area contributed by atoms with Crippen LogP contribution in [0.3, 0.4) is 0 Å². The standard InChI is InChI=1S/C18H18ClNO6/c1-10-6-11(19)4-5-14(10)26-9-17(21)20-13-8-16(25-3)15(24-2)7-12(13)18(22)23/h4-8H,9H2,1-3H3,(H,20,21)(H,22,23). The summed E-state index contributed by atoms with van der Waals surface area (Å²) in [7, 11) is 2.81. The average molecular weight is 380 g/mol. The molecule has 0 saturated carbocycles. The number of methoxy groups -OCH3 is 2. The second kappa shape index (κ2) is 8.44. The fraction of sp³-hybridized carbons (Fsp3) is 0.222. The van der Waals surface area contributed by atoms with E-state index in [9.17, 15) is 14.7 Å². The number of amides is 1. The molecule has 0 atom stereocenters. The van der Waals surface area contributed by atoms with Crippen molar-refractivity contribution in [2.45, 2.75) is 6.92 Å². The van der Waals surface area contributed by atoms with Gasteiger partial charge in [0.05, 0.1) is 25.5 Å². The summed E-state index contributed by atoms with van der Waals surface area (Å²) >= 11 is 5.87.